The summed E-state index contributed by atoms with van der Waals surface area (Å²) in [6.45, 7) is 1.85. The Morgan fingerprint density at radius 3 is 2.64 bits per heavy atom. The van der Waals surface area contributed by atoms with Gasteiger partial charge < -0.3 is 10.2 Å². The lowest BCUT2D eigenvalue weighted by atomic mass is 9.84. The molecule has 2 unspecified atom stereocenters. The van der Waals surface area contributed by atoms with Crippen LogP contribution in [0.15, 0.2) is 42.5 Å². The van der Waals surface area contributed by atoms with Crippen LogP contribution in [0.4, 0.5) is 10.2 Å². The highest BCUT2D eigenvalue weighted by atomic mass is 19.1. The smallest absolute Gasteiger partial charge is 0.231 e. The molecule has 0 aliphatic carbocycles. The summed E-state index contributed by atoms with van der Waals surface area (Å²) in [6, 6.07) is 10.9. The second kappa shape index (κ2) is 7.01. The largest absolute Gasteiger partial charge is 0.338 e. The molecule has 2 aromatic rings. The second-order valence-electron chi connectivity index (χ2n) is 6.30. The molecule has 1 aromatic heterocycles. The number of likely N-dealkylation sites (tertiary alicyclic amines) is 1. The molecular formula is C19H20FN3O2. The van der Waals surface area contributed by atoms with Crippen molar-refractivity contribution < 1.29 is 14.0 Å². The summed E-state index contributed by atoms with van der Waals surface area (Å²) in [5.74, 6) is -0.491. The lowest BCUT2D eigenvalue weighted by Gasteiger charge is -2.38. The lowest BCUT2D eigenvalue weighted by molar-refractivity contribution is -0.140. The van der Waals surface area contributed by atoms with Gasteiger partial charge in [0.05, 0.1) is 12.0 Å². The van der Waals surface area contributed by atoms with E-state index in [2.05, 4.69) is 10.3 Å². The van der Waals surface area contributed by atoms with Gasteiger partial charge in [-0.25, -0.2) is 9.37 Å². The molecule has 2 heterocycles. The van der Waals surface area contributed by atoms with Crippen LogP contribution in [-0.2, 0) is 9.59 Å². The Morgan fingerprint density at radius 2 is 1.96 bits per heavy atom. The summed E-state index contributed by atoms with van der Waals surface area (Å²) in [6.07, 6.45) is 0.760. The zero-order chi connectivity index (χ0) is 18.0. The number of carbonyl (C=O) groups excluding carboxylic acids is 2. The van der Waals surface area contributed by atoms with Crippen molar-refractivity contribution >= 4 is 17.6 Å². The summed E-state index contributed by atoms with van der Waals surface area (Å²) in [5.41, 5.74) is 1.55. The van der Waals surface area contributed by atoms with E-state index < -0.39 is 12.0 Å². The summed E-state index contributed by atoms with van der Waals surface area (Å²) < 4.78 is 13.2. The molecule has 1 saturated heterocycles. The molecular weight excluding hydrogens is 321 g/mol. The van der Waals surface area contributed by atoms with Crippen molar-refractivity contribution in [3.63, 3.8) is 0 Å². The number of nitrogens with zero attached hydrogens (tertiary/aromatic N) is 2. The average molecular weight is 341 g/mol. The van der Waals surface area contributed by atoms with E-state index in [1.807, 2.05) is 19.1 Å². The van der Waals surface area contributed by atoms with Gasteiger partial charge in [-0.15, -0.1) is 0 Å². The van der Waals surface area contributed by atoms with Gasteiger partial charge in [-0.3, -0.25) is 9.59 Å². The molecule has 1 aromatic carbocycles. The number of pyridine rings is 1. The predicted molar refractivity (Wildman–Crippen MR) is 92.2 cm³/mol. The molecule has 25 heavy (non-hydrogen) atoms. The molecule has 1 fully saturated rings. The van der Waals surface area contributed by atoms with Gasteiger partial charge in [0, 0.05) is 19.2 Å². The summed E-state index contributed by atoms with van der Waals surface area (Å²) in [4.78, 5) is 30.8. The van der Waals surface area contributed by atoms with Crippen LogP contribution in [0.2, 0.25) is 0 Å². The Kier molecular flexibility index (Phi) is 4.79. The fraction of sp³-hybridized carbons (Fsp3) is 0.316. The maximum atomic E-state index is 13.2. The standard InChI is InChI=1S/C19H20FN3O2/c1-12-4-3-5-16(21-12)22-19(25)15-10-11-17(24)23(2)18(15)13-6-8-14(20)9-7-13/h3-9,15,18H,10-11H2,1-2H3,(H,21,22,25). The van der Waals surface area contributed by atoms with E-state index in [1.54, 1.807) is 30.1 Å². The molecule has 2 atom stereocenters. The van der Waals surface area contributed by atoms with Crippen LogP contribution in [0, 0.1) is 18.7 Å². The number of aryl methyl sites for hydroxylation is 1. The number of piperidine rings is 1. The molecule has 5 nitrogen and oxygen atoms in total. The van der Waals surface area contributed by atoms with Crippen LogP contribution in [0.5, 0.6) is 0 Å². The van der Waals surface area contributed by atoms with Crippen LogP contribution in [0.25, 0.3) is 0 Å². The fourth-order valence-corrected chi connectivity index (χ4v) is 3.26. The molecule has 1 N–H and O–H groups in total. The van der Waals surface area contributed by atoms with E-state index in [9.17, 15) is 14.0 Å². The molecule has 0 bridgehead atoms. The lowest BCUT2D eigenvalue weighted by Crippen LogP contribution is -2.44. The molecule has 3 rings (SSSR count). The van der Waals surface area contributed by atoms with Gasteiger partial charge >= 0.3 is 0 Å². The number of carbonyl (C=O) groups is 2. The van der Waals surface area contributed by atoms with Crippen molar-refractivity contribution in [2.24, 2.45) is 5.92 Å². The first kappa shape index (κ1) is 17.1. The van der Waals surface area contributed by atoms with Crippen molar-refractivity contribution in [3.05, 3.63) is 59.5 Å². The average Bonchev–Trinajstić information content (AvgIpc) is 2.58. The third-order valence-electron chi connectivity index (χ3n) is 4.55. The van der Waals surface area contributed by atoms with Crippen molar-refractivity contribution in [2.45, 2.75) is 25.8 Å². The van der Waals surface area contributed by atoms with Crippen LogP contribution in [-0.4, -0.2) is 28.7 Å². The van der Waals surface area contributed by atoms with Crippen LogP contribution in [0.3, 0.4) is 0 Å². The SMILES string of the molecule is Cc1cccc(NC(=O)C2CCC(=O)N(C)C2c2ccc(F)cc2)n1. The molecule has 0 saturated carbocycles. The Labute approximate surface area is 145 Å². The topological polar surface area (TPSA) is 62.3 Å². The maximum absolute atomic E-state index is 13.2. The van der Waals surface area contributed by atoms with Gasteiger partial charge in [-0.1, -0.05) is 18.2 Å². The van der Waals surface area contributed by atoms with Gasteiger partial charge in [0.1, 0.15) is 11.6 Å². The zero-order valence-corrected chi connectivity index (χ0v) is 14.2. The Morgan fingerprint density at radius 1 is 1.24 bits per heavy atom. The first-order valence-corrected chi connectivity index (χ1v) is 8.21. The number of benzene rings is 1. The minimum absolute atomic E-state index is 0.0212. The normalized spacial score (nSPS) is 20.4. The van der Waals surface area contributed by atoms with Crippen LogP contribution in [0.1, 0.15) is 30.1 Å². The van der Waals surface area contributed by atoms with Crippen LogP contribution >= 0.6 is 0 Å². The Bertz CT molecular complexity index is 792. The molecule has 1 aliphatic rings. The van der Waals surface area contributed by atoms with E-state index in [0.29, 0.717) is 18.7 Å². The van der Waals surface area contributed by atoms with Gasteiger partial charge in [-0.2, -0.15) is 0 Å². The third-order valence-corrected chi connectivity index (χ3v) is 4.55. The molecule has 0 spiro atoms. The summed E-state index contributed by atoms with van der Waals surface area (Å²) in [7, 11) is 1.68. The zero-order valence-electron chi connectivity index (χ0n) is 14.2. The number of hydrogen-bond acceptors (Lipinski definition) is 3. The van der Waals surface area contributed by atoms with Gasteiger partial charge in [0.25, 0.3) is 0 Å². The number of hydrogen-bond donors (Lipinski definition) is 1. The molecule has 2 amide bonds. The summed E-state index contributed by atoms with van der Waals surface area (Å²) >= 11 is 0. The minimum atomic E-state index is -0.424. The molecule has 130 valence electrons. The highest BCUT2D eigenvalue weighted by molar-refractivity contribution is 5.94. The Hall–Kier alpha value is -2.76. The highest BCUT2D eigenvalue weighted by Crippen LogP contribution is 2.36. The van der Waals surface area contributed by atoms with Crippen molar-refractivity contribution in [1.82, 2.24) is 9.88 Å². The highest BCUT2D eigenvalue weighted by Gasteiger charge is 2.38. The first-order chi connectivity index (χ1) is 12.0. The van der Waals surface area contributed by atoms with E-state index in [0.717, 1.165) is 11.3 Å². The Balaban J connectivity index is 1.87. The number of nitrogens with one attached hydrogen (secondary N) is 1. The number of anilines is 1. The van der Waals surface area contributed by atoms with Crippen LogP contribution < -0.4 is 5.32 Å². The van der Waals surface area contributed by atoms with Crippen molar-refractivity contribution in [1.29, 1.82) is 0 Å². The predicted octanol–water partition coefficient (Wildman–Crippen LogP) is 3.08. The van der Waals surface area contributed by atoms with E-state index >= 15 is 0 Å². The van der Waals surface area contributed by atoms with E-state index in [-0.39, 0.29) is 17.6 Å². The van der Waals surface area contributed by atoms with Crippen molar-refractivity contribution in [2.75, 3.05) is 12.4 Å². The second-order valence-corrected chi connectivity index (χ2v) is 6.30. The van der Waals surface area contributed by atoms with Gasteiger partial charge in [-0.05, 0) is 43.2 Å². The molecule has 1 aliphatic heterocycles. The van der Waals surface area contributed by atoms with E-state index in [4.69, 9.17) is 0 Å². The summed E-state index contributed by atoms with van der Waals surface area (Å²) in [5, 5.41) is 2.84. The maximum Gasteiger partial charge on any atom is 0.231 e. The van der Waals surface area contributed by atoms with Crippen molar-refractivity contribution in [3.8, 4) is 0 Å². The third kappa shape index (κ3) is 3.68. The monoisotopic (exact) mass is 341 g/mol. The fourth-order valence-electron chi connectivity index (χ4n) is 3.26. The molecule has 6 heteroatoms. The number of aromatic nitrogens is 1. The van der Waals surface area contributed by atoms with E-state index in [1.165, 1.54) is 12.1 Å². The number of rotatable bonds is 3. The van der Waals surface area contributed by atoms with Gasteiger partial charge in [0.15, 0.2) is 0 Å². The quantitative estimate of drug-likeness (QED) is 0.933. The first-order valence-electron chi connectivity index (χ1n) is 8.21. The number of amides is 2. The number of halogens is 1. The molecule has 0 radical (unpaired) electrons. The van der Waals surface area contributed by atoms with Gasteiger partial charge in [0.2, 0.25) is 11.8 Å². The minimum Gasteiger partial charge on any atom is -0.338 e.